The number of piperidine rings is 1. The van der Waals surface area contributed by atoms with E-state index in [1.807, 2.05) is 18.7 Å². The molecule has 8 heteroatoms. The summed E-state index contributed by atoms with van der Waals surface area (Å²) >= 11 is 1.32. The van der Waals surface area contributed by atoms with Crippen molar-refractivity contribution in [1.82, 2.24) is 15.2 Å². The van der Waals surface area contributed by atoms with Crippen LogP contribution in [-0.4, -0.2) is 34.8 Å². The van der Waals surface area contributed by atoms with Gasteiger partial charge in [0, 0.05) is 31.1 Å². The molecule has 1 aliphatic rings. The number of carbonyl (C=O) groups is 2. The van der Waals surface area contributed by atoms with Crippen LogP contribution in [0.25, 0.3) is 10.6 Å². The molecule has 0 aliphatic carbocycles. The van der Waals surface area contributed by atoms with E-state index >= 15 is 0 Å². The number of halogens is 2. The minimum atomic E-state index is -0.321. The molecule has 0 radical (unpaired) electrons. The zero-order valence-electron chi connectivity index (χ0n) is 19.2. The Bertz CT molecular complexity index is 1170. The second-order valence-electron chi connectivity index (χ2n) is 8.71. The molecular weight excluding hydrogens is 456 g/mol. The highest BCUT2D eigenvalue weighted by molar-refractivity contribution is 7.17. The molecule has 178 valence electrons. The number of aryl methyl sites for hydroxylation is 1. The Morgan fingerprint density at radius 1 is 1.12 bits per heavy atom. The monoisotopic (exact) mass is 483 g/mol. The first kappa shape index (κ1) is 24.0. The van der Waals surface area contributed by atoms with Crippen molar-refractivity contribution in [3.8, 4) is 10.6 Å². The topological polar surface area (TPSA) is 62.3 Å². The molecule has 1 saturated heterocycles. The fourth-order valence-corrected chi connectivity index (χ4v) is 5.31. The third-order valence-corrected chi connectivity index (χ3v) is 7.58. The number of hydrogen-bond acceptors (Lipinski definition) is 4. The fraction of sp³-hybridized carbons (Fsp3) is 0.346. The highest BCUT2D eigenvalue weighted by atomic mass is 32.1. The van der Waals surface area contributed by atoms with Crippen LogP contribution in [0, 0.1) is 30.4 Å². The van der Waals surface area contributed by atoms with Crippen molar-refractivity contribution >= 4 is 23.2 Å². The quantitative estimate of drug-likeness (QED) is 0.524. The van der Waals surface area contributed by atoms with Crippen LogP contribution in [0.3, 0.4) is 0 Å². The molecule has 2 heterocycles. The molecule has 1 fully saturated rings. The van der Waals surface area contributed by atoms with E-state index in [0.29, 0.717) is 35.2 Å². The summed E-state index contributed by atoms with van der Waals surface area (Å²) in [5.74, 6) is -0.762. The van der Waals surface area contributed by atoms with Gasteiger partial charge in [-0.25, -0.2) is 13.8 Å². The molecule has 0 saturated carbocycles. The number of aromatic nitrogens is 1. The van der Waals surface area contributed by atoms with E-state index in [1.54, 1.807) is 24.3 Å². The molecule has 1 aliphatic heterocycles. The Morgan fingerprint density at radius 2 is 1.82 bits per heavy atom. The molecule has 3 aromatic rings. The lowest BCUT2D eigenvalue weighted by Crippen LogP contribution is -2.42. The van der Waals surface area contributed by atoms with Crippen molar-refractivity contribution in [1.29, 1.82) is 0 Å². The first-order valence-electron chi connectivity index (χ1n) is 11.4. The van der Waals surface area contributed by atoms with E-state index in [0.717, 1.165) is 24.0 Å². The van der Waals surface area contributed by atoms with E-state index in [9.17, 15) is 18.4 Å². The summed E-state index contributed by atoms with van der Waals surface area (Å²) in [4.78, 5) is 32.7. The Labute approximate surface area is 201 Å². The fourth-order valence-electron chi connectivity index (χ4n) is 4.27. The van der Waals surface area contributed by atoms with Crippen LogP contribution in [-0.2, 0) is 11.3 Å². The van der Waals surface area contributed by atoms with E-state index in [-0.39, 0.29) is 35.3 Å². The number of amides is 2. The van der Waals surface area contributed by atoms with Gasteiger partial charge in [-0.3, -0.25) is 9.59 Å². The van der Waals surface area contributed by atoms with E-state index in [2.05, 4.69) is 10.3 Å². The zero-order valence-corrected chi connectivity index (χ0v) is 20.0. The third kappa shape index (κ3) is 5.50. The van der Waals surface area contributed by atoms with Crippen molar-refractivity contribution < 1.29 is 18.4 Å². The normalized spacial score (nSPS) is 15.2. The first-order chi connectivity index (χ1) is 16.3. The second kappa shape index (κ2) is 10.4. The number of likely N-dealkylation sites (tertiary alicyclic amines) is 1. The minimum absolute atomic E-state index is 0.0509. The van der Waals surface area contributed by atoms with Gasteiger partial charge < -0.3 is 10.2 Å². The Balaban J connectivity index is 1.32. The van der Waals surface area contributed by atoms with E-state index in [4.69, 9.17) is 0 Å². The summed E-state index contributed by atoms with van der Waals surface area (Å²) in [5, 5.41) is 3.59. The Morgan fingerprint density at radius 3 is 2.50 bits per heavy atom. The standard InChI is InChI=1S/C26H27F2N3O2S/c1-16(24(32)29-15-18-4-3-5-22(28)14-18)19-10-12-31(13-11-19)26(33)23-17(2)30-25(34-23)20-6-8-21(27)9-7-20/h3-9,14,16,19H,10-13,15H2,1-2H3,(H,29,32). The van der Waals surface area contributed by atoms with Gasteiger partial charge in [0.05, 0.1) is 5.69 Å². The van der Waals surface area contributed by atoms with Crippen molar-refractivity contribution in [2.75, 3.05) is 13.1 Å². The van der Waals surface area contributed by atoms with Gasteiger partial charge in [0.15, 0.2) is 0 Å². The molecule has 0 spiro atoms. The van der Waals surface area contributed by atoms with Crippen LogP contribution in [0.4, 0.5) is 8.78 Å². The predicted octanol–water partition coefficient (Wildman–Crippen LogP) is 5.20. The van der Waals surface area contributed by atoms with Crippen LogP contribution < -0.4 is 5.32 Å². The van der Waals surface area contributed by atoms with Gasteiger partial charge in [-0.2, -0.15) is 0 Å². The van der Waals surface area contributed by atoms with Crippen molar-refractivity contribution in [3.05, 3.63) is 76.3 Å². The van der Waals surface area contributed by atoms with Gasteiger partial charge in [-0.05, 0) is 67.6 Å². The number of rotatable bonds is 6. The van der Waals surface area contributed by atoms with Gasteiger partial charge in [-0.1, -0.05) is 19.1 Å². The lowest BCUT2D eigenvalue weighted by atomic mass is 9.84. The lowest BCUT2D eigenvalue weighted by molar-refractivity contribution is -0.126. The average molecular weight is 484 g/mol. The molecule has 1 aromatic heterocycles. The molecular formula is C26H27F2N3O2S. The number of nitrogens with one attached hydrogen (secondary N) is 1. The van der Waals surface area contributed by atoms with Gasteiger partial charge >= 0.3 is 0 Å². The maximum atomic E-state index is 13.3. The summed E-state index contributed by atoms with van der Waals surface area (Å²) in [6.45, 7) is 5.17. The Kier molecular flexibility index (Phi) is 7.36. The summed E-state index contributed by atoms with van der Waals surface area (Å²) in [5.41, 5.74) is 2.17. The summed E-state index contributed by atoms with van der Waals surface area (Å²) in [7, 11) is 0. The molecule has 2 amide bonds. The first-order valence-corrected chi connectivity index (χ1v) is 12.2. The van der Waals surface area contributed by atoms with Gasteiger partial charge in [-0.15, -0.1) is 11.3 Å². The van der Waals surface area contributed by atoms with Crippen molar-refractivity contribution in [2.24, 2.45) is 11.8 Å². The maximum Gasteiger partial charge on any atom is 0.265 e. The highest BCUT2D eigenvalue weighted by Crippen LogP contribution is 2.31. The van der Waals surface area contributed by atoms with Crippen LogP contribution in [0.1, 0.15) is 40.7 Å². The largest absolute Gasteiger partial charge is 0.352 e. The van der Waals surface area contributed by atoms with Gasteiger partial charge in [0.2, 0.25) is 5.91 Å². The molecule has 0 bridgehead atoms. The average Bonchev–Trinajstić information content (AvgIpc) is 3.23. The molecule has 4 rings (SSSR count). The molecule has 34 heavy (non-hydrogen) atoms. The van der Waals surface area contributed by atoms with Crippen LogP contribution in [0.15, 0.2) is 48.5 Å². The molecule has 1 N–H and O–H groups in total. The predicted molar refractivity (Wildman–Crippen MR) is 128 cm³/mol. The number of nitrogens with zero attached hydrogens (tertiary/aromatic N) is 2. The summed E-state index contributed by atoms with van der Waals surface area (Å²) in [6, 6.07) is 12.3. The number of hydrogen-bond donors (Lipinski definition) is 1. The lowest BCUT2D eigenvalue weighted by Gasteiger charge is -2.34. The van der Waals surface area contributed by atoms with Gasteiger partial charge in [0.1, 0.15) is 21.5 Å². The zero-order chi connectivity index (χ0) is 24.2. The van der Waals surface area contributed by atoms with Crippen LogP contribution in [0.2, 0.25) is 0 Å². The number of carbonyl (C=O) groups excluding carboxylic acids is 2. The highest BCUT2D eigenvalue weighted by Gasteiger charge is 2.31. The Hall–Kier alpha value is -3.13. The van der Waals surface area contributed by atoms with Crippen LogP contribution >= 0.6 is 11.3 Å². The minimum Gasteiger partial charge on any atom is -0.352 e. The third-order valence-electron chi connectivity index (χ3n) is 6.39. The molecule has 1 atom stereocenters. The van der Waals surface area contributed by atoms with Gasteiger partial charge in [0.25, 0.3) is 5.91 Å². The smallest absolute Gasteiger partial charge is 0.265 e. The molecule has 2 aromatic carbocycles. The van der Waals surface area contributed by atoms with E-state index < -0.39 is 0 Å². The number of thiazole rings is 1. The molecule has 1 unspecified atom stereocenters. The van der Waals surface area contributed by atoms with Crippen molar-refractivity contribution in [3.63, 3.8) is 0 Å². The molecule has 5 nitrogen and oxygen atoms in total. The number of benzene rings is 2. The summed E-state index contributed by atoms with van der Waals surface area (Å²) < 4.78 is 26.5. The SMILES string of the molecule is Cc1nc(-c2ccc(F)cc2)sc1C(=O)N1CCC(C(C)C(=O)NCc2cccc(F)c2)CC1. The second-order valence-corrected chi connectivity index (χ2v) is 9.71. The van der Waals surface area contributed by atoms with Crippen molar-refractivity contribution in [2.45, 2.75) is 33.2 Å². The maximum absolute atomic E-state index is 13.3. The van der Waals surface area contributed by atoms with Crippen LogP contribution in [0.5, 0.6) is 0 Å². The van der Waals surface area contributed by atoms with E-state index in [1.165, 1.54) is 35.6 Å². The summed E-state index contributed by atoms with van der Waals surface area (Å²) in [6.07, 6.45) is 1.48.